The van der Waals surface area contributed by atoms with Gasteiger partial charge in [0.25, 0.3) is 0 Å². The van der Waals surface area contributed by atoms with E-state index in [0.29, 0.717) is 12.5 Å². The summed E-state index contributed by atoms with van der Waals surface area (Å²) in [6, 6.07) is -0.0995. The molecular weight excluding hydrogens is 322 g/mol. The van der Waals surface area contributed by atoms with Crippen molar-refractivity contribution in [1.29, 1.82) is 0 Å². The van der Waals surface area contributed by atoms with E-state index in [2.05, 4.69) is 16.0 Å². The Labute approximate surface area is 149 Å². The van der Waals surface area contributed by atoms with Crippen LogP contribution >= 0.6 is 0 Å². The molecule has 144 valence electrons. The molecule has 0 spiro atoms. The van der Waals surface area contributed by atoms with Crippen LogP contribution in [-0.4, -0.2) is 53.0 Å². The fourth-order valence-electron chi connectivity index (χ4n) is 4.01. The van der Waals surface area contributed by atoms with E-state index in [1.54, 1.807) is 0 Å². The van der Waals surface area contributed by atoms with Gasteiger partial charge >= 0.3 is 6.09 Å². The lowest BCUT2D eigenvalue weighted by molar-refractivity contribution is -0.130. The minimum Gasteiger partial charge on any atom is -0.465 e. The summed E-state index contributed by atoms with van der Waals surface area (Å²) in [6.07, 6.45) is 7.29. The first kappa shape index (κ1) is 20.0. The molecule has 0 aromatic rings. The quantitative estimate of drug-likeness (QED) is 0.476. The Morgan fingerprint density at radius 3 is 2.20 bits per heavy atom. The van der Waals surface area contributed by atoms with E-state index >= 15 is 0 Å². The summed E-state index contributed by atoms with van der Waals surface area (Å²) in [4.78, 5) is 22.8. The zero-order valence-electron chi connectivity index (χ0n) is 15.2. The van der Waals surface area contributed by atoms with Crippen LogP contribution in [0.3, 0.4) is 0 Å². The van der Waals surface area contributed by atoms with Gasteiger partial charge in [0, 0.05) is 24.7 Å². The molecule has 0 aromatic heterocycles. The second kappa shape index (κ2) is 9.97. The standard InChI is InChI=1S/C18H33N3O4/c1-12(20-14-7-9-15(10-8-14)21-18(24)25)16(22)17(23)19-11-13-5-3-2-4-6-13/h12-16,20-22H,2-11H2,1H3,(H,19,23)(H,24,25). The fraction of sp³-hybridized carbons (Fsp3) is 0.889. The number of aliphatic hydroxyl groups is 1. The van der Waals surface area contributed by atoms with Crippen molar-refractivity contribution in [3.8, 4) is 0 Å². The first-order valence-corrected chi connectivity index (χ1v) is 9.67. The van der Waals surface area contributed by atoms with Gasteiger partial charge in [-0.1, -0.05) is 19.3 Å². The number of hydrogen-bond acceptors (Lipinski definition) is 4. The first-order valence-electron chi connectivity index (χ1n) is 9.67. The summed E-state index contributed by atoms with van der Waals surface area (Å²) < 4.78 is 0. The smallest absolute Gasteiger partial charge is 0.404 e. The maximum atomic E-state index is 12.2. The zero-order valence-corrected chi connectivity index (χ0v) is 15.2. The molecule has 2 saturated carbocycles. The number of carbonyl (C=O) groups is 2. The minimum absolute atomic E-state index is 0.00886. The SMILES string of the molecule is CC(NC1CCC(NC(=O)O)CC1)C(O)C(=O)NCC1CCCCC1. The molecule has 2 fully saturated rings. The van der Waals surface area contributed by atoms with Crippen molar-refractivity contribution in [2.45, 2.75) is 88.9 Å². The molecule has 7 heteroatoms. The van der Waals surface area contributed by atoms with Gasteiger partial charge in [0.2, 0.25) is 5.91 Å². The van der Waals surface area contributed by atoms with Gasteiger partial charge in [-0.3, -0.25) is 4.79 Å². The lowest BCUT2D eigenvalue weighted by Crippen LogP contribution is -2.52. The van der Waals surface area contributed by atoms with Crippen LogP contribution in [0.2, 0.25) is 0 Å². The summed E-state index contributed by atoms with van der Waals surface area (Å²) in [5.41, 5.74) is 0. The van der Waals surface area contributed by atoms with Gasteiger partial charge in [-0.25, -0.2) is 4.79 Å². The highest BCUT2D eigenvalue weighted by atomic mass is 16.4. The Morgan fingerprint density at radius 2 is 1.60 bits per heavy atom. The van der Waals surface area contributed by atoms with Crippen LogP contribution in [0.1, 0.15) is 64.7 Å². The van der Waals surface area contributed by atoms with Crippen molar-refractivity contribution in [1.82, 2.24) is 16.0 Å². The highest BCUT2D eigenvalue weighted by molar-refractivity contribution is 5.81. The molecular formula is C18H33N3O4. The third-order valence-electron chi connectivity index (χ3n) is 5.59. The van der Waals surface area contributed by atoms with Crippen molar-refractivity contribution in [3.63, 3.8) is 0 Å². The second-order valence-electron chi connectivity index (χ2n) is 7.65. The number of nitrogens with one attached hydrogen (secondary N) is 3. The van der Waals surface area contributed by atoms with E-state index in [9.17, 15) is 14.7 Å². The van der Waals surface area contributed by atoms with Crippen molar-refractivity contribution < 1.29 is 19.8 Å². The fourth-order valence-corrected chi connectivity index (χ4v) is 4.01. The molecule has 0 aliphatic heterocycles. The van der Waals surface area contributed by atoms with Crippen molar-refractivity contribution in [3.05, 3.63) is 0 Å². The molecule has 2 unspecified atom stereocenters. The summed E-state index contributed by atoms with van der Waals surface area (Å²) in [5, 5.41) is 27.7. The maximum absolute atomic E-state index is 12.2. The van der Waals surface area contributed by atoms with Crippen molar-refractivity contribution in [2.75, 3.05) is 6.54 Å². The molecule has 2 aliphatic rings. The largest absolute Gasteiger partial charge is 0.465 e. The van der Waals surface area contributed by atoms with Crippen LogP contribution in [0, 0.1) is 5.92 Å². The summed E-state index contributed by atoms with van der Waals surface area (Å²) in [6.45, 7) is 2.49. The van der Waals surface area contributed by atoms with Gasteiger partial charge < -0.3 is 26.2 Å². The summed E-state index contributed by atoms with van der Waals surface area (Å²) >= 11 is 0. The Morgan fingerprint density at radius 1 is 1.00 bits per heavy atom. The molecule has 2 atom stereocenters. The van der Waals surface area contributed by atoms with Crippen LogP contribution in [-0.2, 0) is 4.79 Å². The Hall–Kier alpha value is -1.34. The molecule has 25 heavy (non-hydrogen) atoms. The highest BCUT2D eigenvalue weighted by Crippen LogP contribution is 2.23. The van der Waals surface area contributed by atoms with E-state index in [1.807, 2.05) is 6.92 Å². The van der Waals surface area contributed by atoms with E-state index in [-0.39, 0.29) is 24.0 Å². The van der Waals surface area contributed by atoms with Gasteiger partial charge in [-0.05, 0) is 51.4 Å². The van der Waals surface area contributed by atoms with Crippen LogP contribution < -0.4 is 16.0 Å². The molecule has 0 aromatic carbocycles. The zero-order chi connectivity index (χ0) is 18.2. The molecule has 2 aliphatic carbocycles. The highest BCUT2D eigenvalue weighted by Gasteiger charge is 2.28. The molecule has 0 heterocycles. The minimum atomic E-state index is -1.06. The number of carboxylic acid groups (broad SMARTS) is 1. The van der Waals surface area contributed by atoms with Gasteiger partial charge in [0.15, 0.2) is 0 Å². The Kier molecular flexibility index (Phi) is 7.96. The lowest BCUT2D eigenvalue weighted by atomic mass is 9.89. The van der Waals surface area contributed by atoms with E-state index in [0.717, 1.165) is 38.5 Å². The van der Waals surface area contributed by atoms with Gasteiger partial charge in [-0.15, -0.1) is 0 Å². The van der Waals surface area contributed by atoms with Crippen LogP contribution in [0.4, 0.5) is 4.79 Å². The second-order valence-corrected chi connectivity index (χ2v) is 7.65. The molecule has 0 radical (unpaired) electrons. The van der Waals surface area contributed by atoms with Crippen molar-refractivity contribution >= 4 is 12.0 Å². The third kappa shape index (κ3) is 6.82. The van der Waals surface area contributed by atoms with E-state index in [1.165, 1.54) is 19.3 Å². The number of rotatable bonds is 7. The van der Waals surface area contributed by atoms with Crippen LogP contribution in [0.25, 0.3) is 0 Å². The molecule has 7 nitrogen and oxygen atoms in total. The normalized spacial score (nSPS) is 27.3. The van der Waals surface area contributed by atoms with E-state index in [4.69, 9.17) is 5.11 Å². The molecule has 0 bridgehead atoms. The number of hydrogen-bond donors (Lipinski definition) is 5. The predicted molar refractivity (Wildman–Crippen MR) is 95.4 cm³/mol. The Balaban J connectivity index is 1.66. The Bertz CT molecular complexity index is 432. The van der Waals surface area contributed by atoms with Gasteiger partial charge in [-0.2, -0.15) is 0 Å². The summed E-state index contributed by atoms with van der Waals surface area (Å²) in [5.74, 6) is 0.247. The third-order valence-corrected chi connectivity index (χ3v) is 5.59. The summed E-state index contributed by atoms with van der Waals surface area (Å²) in [7, 11) is 0. The van der Waals surface area contributed by atoms with Gasteiger partial charge in [0.1, 0.15) is 6.10 Å². The molecule has 0 saturated heterocycles. The van der Waals surface area contributed by atoms with Crippen molar-refractivity contribution in [2.24, 2.45) is 5.92 Å². The maximum Gasteiger partial charge on any atom is 0.404 e. The first-order chi connectivity index (χ1) is 12.0. The average molecular weight is 355 g/mol. The van der Waals surface area contributed by atoms with Crippen LogP contribution in [0.5, 0.6) is 0 Å². The number of carbonyl (C=O) groups excluding carboxylic acids is 1. The predicted octanol–water partition coefficient (Wildman–Crippen LogP) is 1.60. The van der Waals surface area contributed by atoms with Crippen LogP contribution in [0.15, 0.2) is 0 Å². The topological polar surface area (TPSA) is 111 Å². The monoisotopic (exact) mass is 355 g/mol. The van der Waals surface area contributed by atoms with Gasteiger partial charge in [0.05, 0.1) is 0 Å². The molecule has 2 amide bonds. The lowest BCUT2D eigenvalue weighted by Gasteiger charge is -2.32. The number of aliphatic hydroxyl groups excluding tert-OH is 1. The molecule has 2 rings (SSSR count). The van der Waals surface area contributed by atoms with E-state index < -0.39 is 12.2 Å². The number of amides is 2. The molecule has 5 N–H and O–H groups in total. The average Bonchev–Trinajstić information content (AvgIpc) is 2.61.